The Morgan fingerprint density at radius 3 is 2.29 bits per heavy atom. The highest BCUT2D eigenvalue weighted by molar-refractivity contribution is 6.75. The maximum Gasteiger partial charge on any atom is 0.250 e. The number of rotatable bonds is 4. The Morgan fingerprint density at radius 2 is 1.65 bits per heavy atom. The smallest absolute Gasteiger partial charge is 0.250 e. The van der Waals surface area contributed by atoms with Gasteiger partial charge in [0.25, 0.3) is 8.32 Å². The zero-order valence-electron chi connectivity index (χ0n) is 23.0. The fourth-order valence-corrected chi connectivity index (χ4v) is 8.33. The van der Waals surface area contributed by atoms with E-state index in [-0.39, 0.29) is 27.7 Å². The molecule has 1 fully saturated rings. The van der Waals surface area contributed by atoms with E-state index in [0.717, 1.165) is 30.9 Å². The van der Waals surface area contributed by atoms with Gasteiger partial charge in [-0.3, -0.25) is 0 Å². The first-order chi connectivity index (χ1) is 15.6. The second-order valence-electron chi connectivity index (χ2n) is 14.1. The Bertz CT molecular complexity index is 1020. The van der Waals surface area contributed by atoms with Crippen LogP contribution in [0, 0.1) is 5.92 Å². The minimum absolute atomic E-state index is 0.0134. The fourth-order valence-electron chi connectivity index (χ4n) is 6.08. The first kappa shape index (κ1) is 24.6. The molecule has 1 N–H and O–H groups in total. The maximum absolute atomic E-state index is 7.06. The molecule has 1 saturated heterocycles. The largest absolute Gasteiger partial charge is 0.541 e. The van der Waals surface area contributed by atoms with E-state index >= 15 is 0 Å². The molecule has 6 heteroatoms. The van der Waals surface area contributed by atoms with E-state index < -0.39 is 16.6 Å². The van der Waals surface area contributed by atoms with Crippen LogP contribution >= 0.6 is 0 Å². The van der Waals surface area contributed by atoms with Crippen LogP contribution in [-0.4, -0.2) is 41.4 Å². The van der Waals surface area contributed by atoms with E-state index in [2.05, 4.69) is 97.3 Å². The van der Waals surface area contributed by atoms with Crippen molar-refractivity contribution in [2.24, 2.45) is 5.92 Å². The van der Waals surface area contributed by atoms with E-state index in [1.807, 2.05) is 0 Å². The first-order valence-corrected chi connectivity index (χ1v) is 19.0. The zero-order valence-corrected chi connectivity index (χ0v) is 25.0. The predicted octanol–water partition coefficient (Wildman–Crippen LogP) is 6.56. The van der Waals surface area contributed by atoms with Crippen LogP contribution < -0.4 is 14.5 Å². The number of benzene rings is 1. The maximum atomic E-state index is 7.06. The van der Waals surface area contributed by atoms with E-state index in [4.69, 9.17) is 13.6 Å². The average Bonchev–Trinajstić information content (AvgIpc) is 3.03. The molecule has 2 aliphatic carbocycles. The summed E-state index contributed by atoms with van der Waals surface area (Å²) in [5.74, 6) is 2.42. The molecule has 1 aromatic carbocycles. The SMILES string of the molecule is CC(C)(C)[Si](C)(C)Oc1ccc2c3c1O[C@H]1[C@@H](O[Si](C)(C)C(C)(C)C)C=C[C@H]4[C@@H](C2)NCC[C@@]341. The Kier molecular flexibility index (Phi) is 5.40. The third kappa shape index (κ3) is 3.42. The minimum Gasteiger partial charge on any atom is -0.541 e. The molecule has 34 heavy (non-hydrogen) atoms. The number of piperidine rings is 1. The summed E-state index contributed by atoms with van der Waals surface area (Å²) in [4.78, 5) is 0. The number of ether oxygens (including phenoxy) is 1. The van der Waals surface area contributed by atoms with Gasteiger partial charge in [-0.05, 0) is 67.3 Å². The molecule has 2 heterocycles. The van der Waals surface area contributed by atoms with Gasteiger partial charge in [-0.25, -0.2) is 0 Å². The normalized spacial score (nSPS) is 32.3. The molecule has 2 aliphatic heterocycles. The van der Waals surface area contributed by atoms with Crippen molar-refractivity contribution >= 4 is 16.6 Å². The Hall–Kier alpha value is -1.09. The average molecular weight is 500 g/mol. The lowest BCUT2D eigenvalue weighted by Crippen LogP contribution is -2.65. The van der Waals surface area contributed by atoms with Gasteiger partial charge in [0.1, 0.15) is 18.0 Å². The molecule has 188 valence electrons. The van der Waals surface area contributed by atoms with Crippen molar-refractivity contribution in [3.8, 4) is 11.5 Å². The summed E-state index contributed by atoms with van der Waals surface area (Å²) >= 11 is 0. The summed E-state index contributed by atoms with van der Waals surface area (Å²) in [6, 6.07) is 4.98. The summed E-state index contributed by atoms with van der Waals surface area (Å²) in [5, 5.41) is 4.12. The van der Waals surface area contributed by atoms with Crippen LogP contribution in [0.5, 0.6) is 11.5 Å². The molecule has 5 atom stereocenters. The predicted molar refractivity (Wildman–Crippen MR) is 145 cm³/mol. The van der Waals surface area contributed by atoms with Crippen LogP contribution in [-0.2, 0) is 16.3 Å². The van der Waals surface area contributed by atoms with Crippen LogP contribution in [0.25, 0.3) is 0 Å². The Morgan fingerprint density at radius 1 is 0.971 bits per heavy atom. The van der Waals surface area contributed by atoms with Crippen LogP contribution in [0.2, 0.25) is 36.3 Å². The lowest BCUT2D eigenvalue weighted by atomic mass is 9.54. The summed E-state index contributed by atoms with van der Waals surface area (Å²) in [7, 11) is -3.97. The number of hydrogen-bond acceptors (Lipinski definition) is 4. The molecule has 2 bridgehead atoms. The van der Waals surface area contributed by atoms with Crippen molar-refractivity contribution in [3.63, 3.8) is 0 Å². The lowest BCUT2D eigenvalue weighted by Gasteiger charge is -2.55. The fraction of sp³-hybridized carbons (Fsp3) is 0.714. The molecule has 0 radical (unpaired) electrons. The molecule has 0 aromatic heterocycles. The molecular formula is C28H45NO3Si2. The highest BCUT2D eigenvalue weighted by Crippen LogP contribution is 2.62. The third-order valence-corrected chi connectivity index (χ3v) is 18.9. The second-order valence-corrected chi connectivity index (χ2v) is 23.6. The van der Waals surface area contributed by atoms with Gasteiger partial charge < -0.3 is 18.9 Å². The highest BCUT2D eigenvalue weighted by atomic mass is 28.4. The summed E-state index contributed by atoms with van der Waals surface area (Å²) in [5.41, 5.74) is 2.85. The molecule has 1 aromatic rings. The van der Waals surface area contributed by atoms with Gasteiger partial charge in [0.15, 0.2) is 14.1 Å². The third-order valence-electron chi connectivity index (χ3n) is 10.1. The molecule has 1 spiro atoms. The number of hydrogen-bond donors (Lipinski definition) is 1. The van der Waals surface area contributed by atoms with E-state index in [0.29, 0.717) is 12.0 Å². The second kappa shape index (κ2) is 7.47. The molecule has 0 amide bonds. The van der Waals surface area contributed by atoms with Crippen LogP contribution in [0.1, 0.15) is 59.1 Å². The molecule has 4 aliphatic rings. The molecule has 4 nitrogen and oxygen atoms in total. The van der Waals surface area contributed by atoms with Gasteiger partial charge in [-0.1, -0.05) is 59.8 Å². The van der Waals surface area contributed by atoms with Gasteiger partial charge in [0.2, 0.25) is 0 Å². The zero-order chi connectivity index (χ0) is 24.9. The summed E-state index contributed by atoms with van der Waals surface area (Å²) in [6.45, 7) is 24.3. The highest BCUT2D eigenvalue weighted by Gasteiger charge is 2.64. The summed E-state index contributed by atoms with van der Waals surface area (Å²) < 4.78 is 21.0. The standard InChI is InChI=1S/C28H45NO3Si2/c1-26(2,3)33(7,8)31-21-13-11-18-17-20-19-12-14-22(32-34(9,10)27(4,5)6)25-28(19,15-16-29-20)23(18)24(21)30-25/h11-14,19-20,22,25,29H,15-17H2,1-10H3/t19-,20+,22-,25-,28-/m0/s1. The van der Waals surface area contributed by atoms with Gasteiger partial charge in [0, 0.05) is 22.9 Å². The van der Waals surface area contributed by atoms with E-state index in [1.54, 1.807) is 0 Å². The molecule has 0 unspecified atom stereocenters. The van der Waals surface area contributed by atoms with Gasteiger partial charge in [-0.15, -0.1) is 0 Å². The Balaban J connectivity index is 1.61. The molecule has 0 saturated carbocycles. The van der Waals surface area contributed by atoms with Crippen molar-refractivity contribution in [3.05, 3.63) is 35.4 Å². The van der Waals surface area contributed by atoms with Gasteiger partial charge in [-0.2, -0.15) is 0 Å². The Labute approximate surface area is 209 Å². The van der Waals surface area contributed by atoms with Crippen molar-refractivity contribution in [1.29, 1.82) is 0 Å². The van der Waals surface area contributed by atoms with Crippen molar-refractivity contribution in [2.75, 3.05) is 6.54 Å². The van der Waals surface area contributed by atoms with Crippen LogP contribution in [0.3, 0.4) is 0 Å². The first-order valence-electron chi connectivity index (χ1n) is 13.2. The minimum atomic E-state index is -2.00. The van der Waals surface area contributed by atoms with Crippen LogP contribution in [0.15, 0.2) is 24.3 Å². The topological polar surface area (TPSA) is 39.7 Å². The lowest BCUT2D eigenvalue weighted by molar-refractivity contribution is -0.0126. The van der Waals surface area contributed by atoms with Crippen molar-refractivity contribution in [1.82, 2.24) is 5.32 Å². The van der Waals surface area contributed by atoms with Crippen molar-refractivity contribution < 1.29 is 13.6 Å². The van der Waals surface area contributed by atoms with E-state index in [1.165, 1.54) is 11.1 Å². The van der Waals surface area contributed by atoms with E-state index in [9.17, 15) is 0 Å². The van der Waals surface area contributed by atoms with Crippen LogP contribution in [0.4, 0.5) is 0 Å². The van der Waals surface area contributed by atoms with Gasteiger partial charge >= 0.3 is 0 Å². The monoisotopic (exact) mass is 499 g/mol. The quantitative estimate of drug-likeness (QED) is 0.376. The molecule has 5 rings (SSSR count). The van der Waals surface area contributed by atoms with Gasteiger partial charge in [0.05, 0.1) is 0 Å². The van der Waals surface area contributed by atoms with Crippen molar-refractivity contribution in [2.45, 2.75) is 114 Å². The molecular weight excluding hydrogens is 454 g/mol. The summed E-state index contributed by atoms with van der Waals surface area (Å²) in [6.07, 6.45) is 6.94. The number of nitrogens with one attached hydrogen (secondary N) is 1.